The molecule has 1 aromatic heterocycles. The Hall–Kier alpha value is -2.42. The molecule has 5 rings (SSSR count). The van der Waals surface area contributed by atoms with Crippen molar-refractivity contribution < 1.29 is 0 Å². The van der Waals surface area contributed by atoms with Crippen LogP contribution in [0.3, 0.4) is 0 Å². The minimum absolute atomic E-state index is 1.13. The highest BCUT2D eigenvalue weighted by Crippen LogP contribution is 2.41. The summed E-state index contributed by atoms with van der Waals surface area (Å²) in [6.45, 7) is 0. The fourth-order valence-corrected chi connectivity index (χ4v) is 5.07. The summed E-state index contributed by atoms with van der Waals surface area (Å²) in [6.07, 6.45) is 0. The standard InChI is InChI=1S/C24H15BrS/c25-19-12-13-23-22(15-19)21-11-5-10-20(24(21)26-23)18-9-4-8-17(14-18)16-6-2-1-3-7-16/h1-15H. The molecule has 0 aliphatic carbocycles. The van der Waals surface area contributed by atoms with Gasteiger partial charge in [0.2, 0.25) is 0 Å². The van der Waals surface area contributed by atoms with Crippen molar-refractivity contribution in [1.82, 2.24) is 0 Å². The Kier molecular flexibility index (Phi) is 3.88. The third-order valence-corrected chi connectivity index (χ3v) is 6.45. The summed E-state index contributed by atoms with van der Waals surface area (Å²) >= 11 is 5.48. The lowest BCUT2D eigenvalue weighted by molar-refractivity contribution is 1.61. The zero-order chi connectivity index (χ0) is 17.5. The first-order valence-corrected chi connectivity index (χ1v) is 10.2. The molecule has 0 fully saturated rings. The van der Waals surface area contributed by atoms with Crippen LogP contribution in [0.5, 0.6) is 0 Å². The predicted octanol–water partition coefficient (Wildman–Crippen LogP) is 8.15. The van der Waals surface area contributed by atoms with Crippen LogP contribution >= 0.6 is 27.3 Å². The molecule has 1 heterocycles. The molecule has 0 nitrogen and oxygen atoms in total. The molecule has 0 N–H and O–H groups in total. The van der Waals surface area contributed by atoms with Crippen LogP contribution in [-0.4, -0.2) is 0 Å². The Morgan fingerprint density at radius 1 is 0.577 bits per heavy atom. The van der Waals surface area contributed by atoms with Crippen LogP contribution in [0.4, 0.5) is 0 Å². The Morgan fingerprint density at radius 3 is 2.23 bits per heavy atom. The normalized spacial score (nSPS) is 11.3. The van der Waals surface area contributed by atoms with Gasteiger partial charge in [-0.2, -0.15) is 0 Å². The number of hydrogen-bond acceptors (Lipinski definition) is 1. The molecule has 2 heteroatoms. The van der Waals surface area contributed by atoms with E-state index in [4.69, 9.17) is 0 Å². The van der Waals surface area contributed by atoms with E-state index in [0.29, 0.717) is 0 Å². The van der Waals surface area contributed by atoms with Gasteiger partial charge >= 0.3 is 0 Å². The molecule has 4 aromatic carbocycles. The van der Waals surface area contributed by atoms with Gasteiger partial charge in [-0.3, -0.25) is 0 Å². The SMILES string of the molecule is Brc1ccc2sc3c(-c4cccc(-c5ccccc5)c4)cccc3c2c1. The molecular weight excluding hydrogens is 400 g/mol. The molecular formula is C24H15BrS. The maximum atomic E-state index is 3.61. The molecule has 0 unspecified atom stereocenters. The third-order valence-electron chi connectivity index (χ3n) is 4.74. The largest absolute Gasteiger partial charge is 0.135 e. The maximum Gasteiger partial charge on any atom is 0.0433 e. The van der Waals surface area contributed by atoms with Gasteiger partial charge in [-0.1, -0.05) is 82.7 Å². The fraction of sp³-hybridized carbons (Fsp3) is 0. The quantitative estimate of drug-likeness (QED) is 0.273. The summed E-state index contributed by atoms with van der Waals surface area (Å²) in [6, 6.07) is 32.6. The van der Waals surface area contributed by atoms with E-state index < -0.39 is 0 Å². The molecule has 0 bridgehead atoms. The van der Waals surface area contributed by atoms with E-state index in [1.807, 2.05) is 11.3 Å². The average molecular weight is 415 g/mol. The van der Waals surface area contributed by atoms with Crippen molar-refractivity contribution in [2.75, 3.05) is 0 Å². The molecule has 0 spiro atoms. The molecule has 0 amide bonds. The number of benzene rings is 4. The van der Waals surface area contributed by atoms with Crippen LogP contribution in [0.25, 0.3) is 42.4 Å². The number of thiophene rings is 1. The van der Waals surface area contributed by atoms with Gasteiger partial charge in [-0.25, -0.2) is 0 Å². The highest BCUT2D eigenvalue weighted by Gasteiger charge is 2.11. The van der Waals surface area contributed by atoms with Gasteiger partial charge in [0.25, 0.3) is 0 Å². The second-order valence-corrected chi connectivity index (χ2v) is 8.34. The number of rotatable bonds is 2. The minimum Gasteiger partial charge on any atom is -0.135 e. The number of hydrogen-bond donors (Lipinski definition) is 0. The smallest absolute Gasteiger partial charge is 0.0433 e. The lowest BCUT2D eigenvalue weighted by atomic mass is 9.98. The van der Waals surface area contributed by atoms with Crippen molar-refractivity contribution in [3.8, 4) is 22.3 Å². The molecule has 0 aliphatic heterocycles. The van der Waals surface area contributed by atoms with Gasteiger partial charge in [-0.05, 0) is 46.5 Å². The topological polar surface area (TPSA) is 0 Å². The van der Waals surface area contributed by atoms with E-state index >= 15 is 0 Å². The maximum absolute atomic E-state index is 3.61. The summed E-state index contributed by atoms with van der Waals surface area (Å²) in [5.41, 5.74) is 5.07. The van der Waals surface area contributed by atoms with E-state index in [2.05, 4.69) is 107 Å². The zero-order valence-corrected chi connectivity index (χ0v) is 16.3. The molecule has 0 saturated carbocycles. The molecule has 5 aromatic rings. The summed E-state index contributed by atoms with van der Waals surface area (Å²) in [7, 11) is 0. The predicted molar refractivity (Wildman–Crippen MR) is 118 cm³/mol. The zero-order valence-electron chi connectivity index (χ0n) is 13.9. The fourth-order valence-electron chi connectivity index (χ4n) is 3.49. The molecule has 124 valence electrons. The van der Waals surface area contributed by atoms with Crippen molar-refractivity contribution in [3.63, 3.8) is 0 Å². The second-order valence-electron chi connectivity index (χ2n) is 6.37. The van der Waals surface area contributed by atoms with Crippen LogP contribution in [0, 0.1) is 0 Å². The van der Waals surface area contributed by atoms with E-state index in [1.165, 1.54) is 42.4 Å². The van der Waals surface area contributed by atoms with Crippen LogP contribution in [-0.2, 0) is 0 Å². The highest BCUT2D eigenvalue weighted by molar-refractivity contribution is 9.10. The van der Waals surface area contributed by atoms with E-state index in [-0.39, 0.29) is 0 Å². The van der Waals surface area contributed by atoms with Gasteiger partial charge in [0.05, 0.1) is 0 Å². The molecule has 0 saturated heterocycles. The Bertz CT molecular complexity index is 1240. The van der Waals surface area contributed by atoms with Crippen molar-refractivity contribution >= 4 is 47.4 Å². The Labute approximate surface area is 164 Å². The van der Waals surface area contributed by atoms with Crippen molar-refractivity contribution in [3.05, 3.63) is 95.5 Å². The molecule has 0 aliphatic rings. The summed E-state index contributed by atoms with van der Waals surface area (Å²) in [5, 5.41) is 2.65. The molecule has 26 heavy (non-hydrogen) atoms. The van der Waals surface area contributed by atoms with Crippen LogP contribution in [0.15, 0.2) is 95.5 Å². The van der Waals surface area contributed by atoms with Crippen molar-refractivity contribution in [1.29, 1.82) is 0 Å². The number of fused-ring (bicyclic) bond motifs is 3. The second kappa shape index (κ2) is 6.39. The first-order valence-electron chi connectivity index (χ1n) is 8.56. The lowest BCUT2D eigenvalue weighted by Gasteiger charge is -2.07. The Morgan fingerprint density at radius 2 is 1.35 bits per heavy atom. The van der Waals surface area contributed by atoms with Crippen LogP contribution in [0.2, 0.25) is 0 Å². The van der Waals surface area contributed by atoms with Crippen molar-refractivity contribution in [2.24, 2.45) is 0 Å². The molecule has 0 atom stereocenters. The van der Waals surface area contributed by atoms with Gasteiger partial charge in [0.15, 0.2) is 0 Å². The molecule has 0 radical (unpaired) electrons. The Balaban J connectivity index is 1.74. The lowest BCUT2D eigenvalue weighted by Crippen LogP contribution is -1.81. The van der Waals surface area contributed by atoms with Gasteiger partial charge in [-0.15, -0.1) is 11.3 Å². The number of halogens is 1. The third kappa shape index (κ3) is 2.66. The van der Waals surface area contributed by atoms with Gasteiger partial charge < -0.3 is 0 Å². The summed E-state index contributed by atoms with van der Waals surface area (Å²) in [5.74, 6) is 0. The van der Waals surface area contributed by atoms with Gasteiger partial charge in [0.1, 0.15) is 0 Å². The first-order chi connectivity index (χ1) is 12.8. The highest BCUT2D eigenvalue weighted by atomic mass is 79.9. The van der Waals surface area contributed by atoms with Gasteiger partial charge in [0, 0.05) is 24.6 Å². The van der Waals surface area contributed by atoms with E-state index in [0.717, 1.165) is 4.47 Å². The summed E-state index contributed by atoms with van der Waals surface area (Å²) in [4.78, 5) is 0. The minimum atomic E-state index is 1.13. The summed E-state index contributed by atoms with van der Waals surface area (Å²) < 4.78 is 3.81. The van der Waals surface area contributed by atoms with Crippen molar-refractivity contribution in [2.45, 2.75) is 0 Å². The van der Waals surface area contributed by atoms with E-state index in [1.54, 1.807) is 0 Å². The van der Waals surface area contributed by atoms with Crippen LogP contribution < -0.4 is 0 Å². The first kappa shape index (κ1) is 15.8. The van der Waals surface area contributed by atoms with Crippen LogP contribution in [0.1, 0.15) is 0 Å². The van der Waals surface area contributed by atoms with E-state index in [9.17, 15) is 0 Å². The average Bonchev–Trinajstić information content (AvgIpc) is 3.07. The monoisotopic (exact) mass is 414 g/mol.